The van der Waals surface area contributed by atoms with E-state index in [9.17, 15) is 10.1 Å². The molecule has 0 amide bonds. The molecule has 0 saturated carbocycles. The molecule has 0 bridgehead atoms. The average Bonchev–Trinajstić information content (AvgIpc) is 2.14. The Morgan fingerprint density at radius 1 is 1.67 bits per heavy atom. The predicted octanol–water partition coefficient (Wildman–Crippen LogP) is 2.50. The van der Waals surface area contributed by atoms with Crippen molar-refractivity contribution in [2.24, 2.45) is 0 Å². The van der Waals surface area contributed by atoms with E-state index in [4.69, 9.17) is 5.73 Å². The number of nitro benzene ring substituents is 1. The number of rotatable bonds is 4. The zero-order valence-corrected chi connectivity index (χ0v) is 9.45. The molecule has 0 atom stereocenters. The van der Waals surface area contributed by atoms with E-state index in [0.717, 1.165) is 10.2 Å². The molecule has 6 heteroatoms. The van der Waals surface area contributed by atoms with Crippen LogP contribution in [0.15, 0.2) is 29.3 Å². The van der Waals surface area contributed by atoms with Crippen LogP contribution in [0.2, 0.25) is 0 Å². The highest BCUT2D eigenvalue weighted by molar-refractivity contribution is 9.11. The molecule has 0 aliphatic heterocycles. The number of nitrogens with zero attached hydrogens (tertiary/aromatic N) is 1. The summed E-state index contributed by atoms with van der Waals surface area (Å²) in [5, 5.41) is 13.5. The molecule has 15 heavy (non-hydrogen) atoms. The van der Waals surface area contributed by atoms with Gasteiger partial charge in [0.15, 0.2) is 0 Å². The maximum atomic E-state index is 10.5. The third-order valence-electron chi connectivity index (χ3n) is 1.71. The zero-order chi connectivity index (χ0) is 11.4. The smallest absolute Gasteiger partial charge is 0.292 e. The SMILES string of the molecule is C=C(Br)CNc1ccc([N+](=O)[O-])c(N)c1. The quantitative estimate of drug-likeness (QED) is 0.501. The van der Waals surface area contributed by atoms with Gasteiger partial charge in [0.05, 0.1) is 4.92 Å². The highest BCUT2D eigenvalue weighted by Gasteiger charge is 2.10. The molecule has 0 fully saturated rings. The largest absolute Gasteiger partial charge is 0.393 e. The van der Waals surface area contributed by atoms with Gasteiger partial charge in [0.1, 0.15) is 5.69 Å². The number of nitrogen functional groups attached to an aromatic ring is 1. The van der Waals surface area contributed by atoms with E-state index in [1.54, 1.807) is 6.07 Å². The molecule has 1 aromatic carbocycles. The van der Waals surface area contributed by atoms with Gasteiger partial charge in [0, 0.05) is 22.8 Å². The fourth-order valence-corrected chi connectivity index (χ4v) is 1.17. The molecule has 0 spiro atoms. The van der Waals surface area contributed by atoms with Gasteiger partial charge in [-0.3, -0.25) is 10.1 Å². The van der Waals surface area contributed by atoms with Crippen molar-refractivity contribution in [2.45, 2.75) is 0 Å². The first-order valence-corrected chi connectivity index (χ1v) is 4.91. The molecule has 80 valence electrons. The summed E-state index contributed by atoms with van der Waals surface area (Å²) < 4.78 is 0.791. The molecule has 0 radical (unpaired) electrons. The lowest BCUT2D eigenvalue weighted by atomic mass is 10.2. The summed E-state index contributed by atoms with van der Waals surface area (Å²) in [5.41, 5.74) is 6.29. The topological polar surface area (TPSA) is 81.2 Å². The van der Waals surface area contributed by atoms with E-state index in [2.05, 4.69) is 27.8 Å². The summed E-state index contributed by atoms with van der Waals surface area (Å²) in [5.74, 6) is 0. The van der Waals surface area contributed by atoms with Gasteiger partial charge in [-0.1, -0.05) is 22.5 Å². The molecule has 0 aliphatic rings. The minimum Gasteiger partial charge on any atom is -0.393 e. The Kier molecular flexibility index (Phi) is 3.68. The van der Waals surface area contributed by atoms with Crippen LogP contribution >= 0.6 is 15.9 Å². The molecule has 0 heterocycles. The summed E-state index contributed by atoms with van der Waals surface area (Å²) in [6, 6.07) is 4.49. The second kappa shape index (κ2) is 4.79. The Morgan fingerprint density at radius 2 is 2.33 bits per heavy atom. The Morgan fingerprint density at radius 3 is 2.80 bits per heavy atom. The van der Waals surface area contributed by atoms with Crippen LogP contribution in [0.1, 0.15) is 0 Å². The van der Waals surface area contributed by atoms with Crippen molar-refractivity contribution in [3.8, 4) is 0 Å². The first kappa shape index (κ1) is 11.5. The molecule has 1 aromatic rings. The molecule has 1 rings (SSSR count). The van der Waals surface area contributed by atoms with E-state index in [-0.39, 0.29) is 11.4 Å². The highest BCUT2D eigenvalue weighted by Crippen LogP contribution is 2.24. The summed E-state index contributed by atoms with van der Waals surface area (Å²) >= 11 is 3.19. The monoisotopic (exact) mass is 271 g/mol. The van der Waals surface area contributed by atoms with Crippen LogP contribution in [0, 0.1) is 10.1 Å². The van der Waals surface area contributed by atoms with Crippen LogP contribution in [0.4, 0.5) is 17.1 Å². The van der Waals surface area contributed by atoms with Crippen LogP contribution in [-0.2, 0) is 0 Å². The second-order valence-electron chi connectivity index (χ2n) is 2.90. The van der Waals surface area contributed by atoms with E-state index in [1.165, 1.54) is 12.1 Å². The van der Waals surface area contributed by atoms with E-state index in [0.29, 0.717) is 6.54 Å². The Labute approximate surface area is 95.2 Å². The van der Waals surface area contributed by atoms with Crippen molar-refractivity contribution in [1.29, 1.82) is 0 Å². The lowest BCUT2D eigenvalue weighted by Crippen LogP contribution is -2.02. The summed E-state index contributed by atoms with van der Waals surface area (Å²) in [6.07, 6.45) is 0. The van der Waals surface area contributed by atoms with Gasteiger partial charge in [-0.2, -0.15) is 0 Å². The number of nitrogens with one attached hydrogen (secondary N) is 1. The number of nitro groups is 1. The predicted molar refractivity (Wildman–Crippen MR) is 64.1 cm³/mol. The number of benzene rings is 1. The fraction of sp³-hybridized carbons (Fsp3) is 0.111. The van der Waals surface area contributed by atoms with Gasteiger partial charge in [0.2, 0.25) is 0 Å². The molecular formula is C9H10BrN3O2. The van der Waals surface area contributed by atoms with Gasteiger partial charge >= 0.3 is 0 Å². The Balaban J connectivity index is 2.82. The zero-order valence-electron chi connectivity index (χ0n) is 7.87. The van der Waals surface area contributed by atoms with Crippen molar-refractivity contribution in [3.63, 3.8) is 0 Å². The maximum absolute atomic E-state index is 10.5. The molecule has 0 aromatic heterocycles. The van der Waals surface area contributed by atoms with Crippen molar-refractivity contribution >= 4 is 33.0 Å². The fourth-order valence-electron chi connectivity index (χ4n) is 1.03. The van der Waals surface area contributed by atoms with Crippen LogP contribution in [-0.4, -0.2) is 11.5 Å². The highest BCUT2D eigenvalue weighted by atomic mass is 79.9. The number of anilines is 2. The first-order valence-electron chi connectivity index (χ1n) is 4.12. The minimum atomic E-state index is -0.511. The summed E-state index contributed by atoms with van der Waals surface area (Å²) in [7, 11) is 0. The van der Waals surface area contributed by atoms with Crippen LogP contribution < -0.4 is 11.1 Å². The second-order valence-corrected chi connectivity index (χ2v) is 4.02. The van der Waals surface area contributed by atoms with Crippen LogP contribution in [0.3, 0.4) is 0 Å². The summed E-state index contributed by atoms with van der Waals surface area (Å²) in [4.78, 5) is 9.97. The summed E-state index contributed by atoms with van der Waals surface area (Å²) in [6.45, 7) is 4.19. The Hall–Kier alpha value is -1.56. The van der Waals surface area contributed by atoms with Crippen LogP contribution in [0.5, 0.6) is 0 Å². The van der Waals surface area contributed by atoms with Crippen molar-refractivity contribution in [3.05, 3.63) is 39.4 Å². The average molecular weight is 272 g/mol. The molecular weight excluding hydrogens is 262 g/mol. The number of halogens is 1. The van der Waals surface area contributed by atoms with Gasteiger partial charge in [-0.15, -0.1) is 0 Å². The third kappa shape index (κ3) is 3.25. The van der Waals surface area contributed by atoms with Crippen molar-refractivity contribution in [2.75, 3.05) is 17.6 Å². The molecule has 0 saturated heterocycles. The van der Waals surface area contributed by atoms with Crippen molar-refractivity contribution in [1.82, 2.24) is 0 Å². The number of hydrogen-bond acceptors (Lipinski definition) is 4. The third-order valence-corrected chi connectivity index (χ3v) is 1.99. The number of nitrogens with two attached hydrogens (primary N) is 1. The van der Waals surface area contributed by atoms with Crippen LogP contribution in [0.25, 0.3) is 0 Å². The van der Waals surface area contributed by atoms with E-state index >= 15 is 0 Å². The van der Waals surface area contributed by atoms with Crippen molar-refractivity contribution < 1.29 is 4.92 Å². The minimum absolute atomic E-state index is 0.0850. The lowest BCUT2D eigenvalue weighted by Gasteiger charge is -2.05. The van der Waals surface area contributed by atoms with Gasteiger partial charge in [-0.25, -0.2) is 0 Å². The van der Waals surface area contributed by atoms with E-state index < -0.39 is 4.92 Å². The number of hydrogen-bond donors (Lipinski definition) is 2. The molecule has 0 aliphatic carbocycles. The van der Waals surface area contributed by atoms with Gasteiger partial charge < -0.3 is 11.1 Å². The van der Waals surface area contributed by atoms with E-state index in [1.807, 2.05) is 0 Å². The molecule has 5 nitrogen and oxygen atoms in total. The normalized spacial score (nSPS) is 9.67. The van der Waals surface area contributed by atoms with Gasteiger partial charge in [0.25, 0.3) is 5.69 Å². The Bertz CT molecular complexity index is 406. The standard InChI is InChI=1S/C9H10BrN3O2/c1-6(10)5-12-7-2-3-9(13(14)15)8(11)4-7/h2-4,12H,1,5,11H2. The maximum Gasteiger partial charge on any atom is 0.292 e. The first-order chi connectivity index (χ1) is 7.00. The molecule has 3 N–H and O–H groups in total. The lowest BCUT2D eigenvalue weighted by molar-refractivity contribution is -0.383. The van der Waals surface area contributed by atoms with Gasteiger partial charge in [-0.05, 0) is 12.1 Å². The molecule has 0 unspecified atom stereocenters.